The molecule has 0 aromatic heterocycles. The quantitative estimate of drug-likeness (QED) is 0.752. The van der Waals surface area contributed by atoms with Gasteiger partial charge in [-0.2, -0.15) is 0 Å². The molecule has 3 nitrogen and oxygen atoms in total. The van der Waals surface area contributed by atoms with Crippen LogP contribution in [-0.2, 0) is 6.54 Å². The van der Waals surface area contributed by atoms with E-state index in [0.29, 0.717) is 16.6 Å². The number of nitrogens with one attached hydrogen (secondary N) is 1. The van der Waals surface area contributed by atoms with Gasteiger partial charge in [0.05, 0.1) is 15.6 Å². The van der Waals surface area contributed by atoms with Crippen molar-refractivity contribution >= 4 is 23.2 Å². The Labute approximate surface area is 167 Å². The lowest BCUT2D eigenvalue weighted by atomic mass is 9.75. The summed E-state index contributed by atoms with van der Waals surface area (Å²) in [4.78, 5) is 2.26. The summed E-state index contributed by atoms with van der Waals surface area (Å²) in [6, 6.07) is 16.0. The first-order valence-electron chi connectivity index (χ1n) is 9.08. The van der Waals surface area contributed by atoms with Crippen LogP contribution in [0.2, 0.25) is 10.0 Å². The fourth-order valence-electron chi connectivity index (χ4n) is 3.66. The van der Waals surface area contributed by atoms with Gasteiger partial charge in [-0.15, -0.1) is 0 Å². The Morgan fingerprint density at radius 3 is 2.46 bits per heavy atom. The zero-order valence-corrected chi connectivity index (χ0v) is 16.6. The number of rotatable bonds is 6. The van der Waals surface area contributed by atoms with Crippen molar-refractivity contribution in [3.05, 3.63) is 69.7 Å². The van der Waals surface area contributed by atoms with Gasteiger partial charge in [0.25, 0.3) is 0 Å². The lowest BCUT2D eigenvalue weighted by molar-refractivity contribution is -0.0381. The minimum absolute atomic E-state index is 0. The molecule has 0 radical (unpaired) electrons. The maximum Gasteiger partial charge on any atom is 0.0752 e. The fourth-order valence-corrected chi connectivity index (χ4v) is 3.96. The van der Waals surface area contributed by atoms with Crippen molar-refractivity contribution in [3.8, 4) is 0 Å². The lowest BCUT2D eigenvalue weighted by Gasteiger charge is -2.42. The maximum atomic E-state index is 11.4. The standard InChI is InChI=1S/C21H26Cl2N2O.H2/c1-25-11-9-21(26,10-12-25)18(17-7-8-19(22)20(23)13-17)15-24-14-16-5-3-2-4-6-16;/h2-8,13,18,24,26H,9-12,14-15H2,1H3;1H. The second kappa shape index (κ2) is 8.73. The van der Waals surface area contributed by atoms with E-state index in [1.54, 1.807) is 0 Å². The van der Waals surface area contributed by atoms with Crippen LogP contribution in [0, 0.1) is 0 Å². The highest BCUT2D eigenvalue weighted by atomic mass is 35.5. The van der Waals surface area contributed by atoms with Crippen LogP contribution in [0.1, 0.15) is 31.3 Å². The molecule has 0 bridgehead atoms. The normalized spacial score (nSPS) is 18.6. The number of nitrogens with zero attached hydrogens (tertiary/aromatic N) is 1. The van der Waals surface area contributed by atoms with Gasteiger partial charge >= 0.3 is 0 Å². The van der Waals surface area contributed by atoms with Crippen molar-refractivity contribution in [2.24, 2.45) is 0 Å². The lowest BCUT2D eigenvalue weighted by Crippen LogP contribution is -2.49. The molecule has 1 aliphatic rings. The molecule has 1 fully saturated rings. The predicted molar refractivity (Wildman–Crippen MR) is 111 cm³/mol. The van der Waals surface area contributed by atoms with Crippen LogP contribution in [0.4, 0.5) is 0 Å². The molecule has 0 aliphatic carbocycles. The fraction of sp³-hybridized carbons (Fsp3) is 0.429. The first-order chi connectivity index (χ1) is 12.5. The minimum atomic E-state index is -0.743. The van der Waals surface area contributed by atoms with Crippen molar-refractivity contribution in [2.75, 3.05) is 26.7 Å². The van der Waals surface area contributed by atoms with Crippen molar-refractivity contribution < 1.29 is 6.53 Å². The molecular formula is C21H28Cl2N2O. The van der Waals surface area contributed by atoms with Gasteiger partial charge in [-0.25, -0.2) is 0 Å². The number of hydrogen-bond acceptors (Lipinski definition) is 3. The molecule has 1 atom stereocenters. The topological polar surface area (TPSA) is 35.5 Å². The number of piperidine rings is 1. The first kappa shape index (κ1) is 19.7. The van der Waals surface area contributed by atoms with Crippen LogP contribution in [0.25, 0.3) is 0 Å². The molecule has 0 spiro atoms. The van der Waals surface area contributed by atoms with Crippen molar-refractivity contribution in [3.63, 3.8) is 0 Å². The zero-order valence-electron chi connectivity index (χ0n) is 15.1. The molecule has 1 heterocycles. The molecule has 0 saturated carbocycles. The average Bonchev–Trinajstić information content (AvgIpc) is 2.65. The monoisotopic (exact) mass is 394 g/mol. The minimum Gasteiger partial charge on any atom is -0.389 e. The average molecular weight is 395 g/mol. The number of hydrogen-bond donors (Lipinski definition) is 2. The van der Waals surface area contributed by atoms with Crippen LogP contribution in [0.5, 0.6) is 0 Å². The van der Waals surface area contributed by atoms with Crippen molar-refractivity contribution in [1.29, 1.82) is 0 Å². The van der Waals surface area contributed by atoms with Crippen LogP contribution in [0.3, 0.4) is 0 Å². The Kier molecular flexibility index (Phi) is 6.60. The van der Waals surface area contributed by atoms with Gasteiger partial charge < -0.3 is 15.3 Å². The predicted octanol–water partition coefficient (Wildman–Crippen LogP) is 4.57. The second-order valence-electron chi connectivity index (χ2n) is 7.25. The highest BCUT2D eigenvalue weighted by molar-refractivity contribution is 6.42. The van der Waals surface area contributed by atoms with E-state index in [-0.39, 0.29) is 7.34 Å². The largest absolute Gasteiger partial charge is 0.389 e. The van der Waals surface area contributed by atoms with Crippen molar-refractivity contribution in [2.45, 2.75) is 30.9 Å². The Balaban J connectivity index is 0.00000261. The SMILES string of the molecule is CN1CCC(O)(C(CNCc2ccccc2)c2ccc(Cl)c(Cl)c2)CC1.[HH]. The van der Waals surface area contributed by atoms with E-state index in [1.165, 1.54) is 5.56 Å². The van der Waals surface area contributed by atoms with Gasteiger partial charge in [0.1, 0.15) is 0 Å². The molecule has 1 unspecified atom stereocenters. The van der Waals surface area contributed by atoms with Crippen LogP contribution in [-0.4, -0.2) is 42.3 Å². The number of halogens is 2. The van der Waals surface area contributed by atoms with Gasteiger partial charge in [0.2, 0.25) is 0 Å². The Morgan fingerprint density at radius 2 is 1.81 bits per heavy atom. The van der Waals surface area contributed by atoms with E-state index >= 15 is 0 Å². The molecule has 26 heavy (non-hydrogen) atoms. The molecule has 3 rings (SSSR count). The summed E-state index contributed by atoms with van der Waals surface area (Å²) in [6.07, 6.45) is 1.50. The molecule has 1 aliphatic heterocycles. The second-order valence-corrected chi connectivity index (χ2v) is 8.06. The van der Waals surface area contributed by atoms with E-state index in [0.717, 1.165) is 38.0 Å². The Bertz CT molecular complexity index is 721. The van der Waals surface area contributed by atoms with E-state index in [1.807, 2.05) is 36.4 Å². The summed E-state index contributed by atoms with van der Waals surface area (Å²) in [5, 5.41) is 16.0. The number of benzene rings is 2. The highest BCUT2D eigenvalue weighted by Crippen LogP contribution is 2.38. The molecule has 5 heteroatoms. The Hall–Kier alpha value is -1.10. The third-order valence-corrected chi connectivity index (χ3v) is 6.11. The molecule has 1 saturated heterocycles. The molecule has 2 aromatic rings. The van der Waals surface area contributed by atoms with Crippen molar-refractivity contribution in [1.82, 2.24) is 10.2 Å². The summed E-state index contributed by atoms with van der Waals surface area (Å²) in [6.45, 7) is 3.25. The summed E-state index contributed by atoms with van der Waals surface area (Å²) >= 11 is 12.3. The smallest absolute Gasteiger partial charge is 0.0752 e. The third kappa shape index (κ3) is 4.79. The summed E-state index contributed by atoms with van der Waals surface area (Å²) in [7, 11) is 2.10. The molecule has 0 amide bonds. The third-order valence-electron chi connectivity index (χ3n) is 5.37. The van der Waals surface area contributed by atoms with Crippen LogP contribution in [0.15, 0.2) is 48.5 Å². The van der Waals surface area contributed by atoms with Gasteiger partial charge in [-0.1, -0.05) is 59.6 Å². The number of aliphatic hydroxyl groups is 1. The Morgan fingerprint density at radius 1 is 1.12 bits per heavy atom. The molecule has 2 aromatic carbocycles. The van der Waals surface area contributed by atoms with Gasteiger partial charge in [-0.3, -0.25) is 0 Å². The maximum absolute atomic E-state index is 11.4. The summed E-state index contributed by atoms with van der Waals surface area (Å²) in [5.41, 5.74) is 1.52. The van der Waals surface area contributed by atoms with Crippen LogP contribution < -0.4 is 5.32 Å². The van der Waals surface area contributed by atoms with E-state index in [9.17, 15) is 5.11 Å². The zero-order chi connectivity index (χ0) is 18.6. The summed E-state index contributed by atoms with van der Waals surface area (Å²) in [5.74, 6) is -0.0327. The molecule has 142 valence electrons. The highest BCUT2D eigenvalue weighted by Gasteiger charge is 2.39. The molecule has 2 N–H and O–H groups in total. The van der Waals surface area contributed by atoms with E-state index in [2.05, 4.69) is 29.4 Å². The van der Waals surface area contributed by atoms with E-state index < -0.39 is 5.60 Å². The summed E-state index contributed by atoms with van der Waals surface area (Å²) < 4.78 is 0. The first-order valence-corrected chi connectivity index (χ1v) is 9.84. The van der Waals surface area contributed by atoms with Gasteiger partial charge in [0.15, 0.2) is 0 Å². The van der Waals surface area contributed by atoms with Gasteiger partial charge in [0, 0.05) is 33.5 Å². The van der Waals surface area contributed by atoms with Crippen LogP contribution >= 0.6 is 23.2 Å². The molecular weight excluding hydrogens is 367 g/mol. The van der Waals surface area contributed by atoms with Gasteiger partial charge in [-0.05, 0) is 43.1 Å². The number of likely N-dealkylation sites (tertiary alicyclic amines) is 1. The van der Waals surface area contributed by atoms with E-state index in [4.69, 9.17) is 23.2 Å².